The van der Waals surface area contributed by atoms with Crippen molar-refractivity contribution in [3.05, 3.63) is 29.8 Å². The maximum atomic E-state index is 10.7. The summed E-state index contributed by atoms with van der Waals surface area (Å²) in [5.74, 6) is -1.91. The van der Waals surface area contributed by atoms with E-state index in [0.717, 1.165) is 11.3 Å². The number of aliphatic carboxylic acids is 2. The lowest BCUT2D eigenvalue weighted by Gasteiger charge is -2.22. The monoisotopic (exact) mass is 237 g/mol. The first-order chi connectivity index (χ1) is 7.99. The van der Waals surface area contributed by atoms with Gasteiger partial charge >= 0.3 is 11.9 Å². The fourth-order valence-electron chi connectivity index (χ4n) is 1.52. The summed E-state index contributed by atoms with van der Waals surface area (Å²) in [5, 5.41) is 17.4. The third-order valence-corrected chi connectivity index (χ3v) is 2.29. The van der Waals surface area contributed by atoms with Gasteiger partial charge in [-0.2, -0.15) is 0 Å². The van der Waals surface area contributed by atoms with Crippen LogP contribution in [0.3, 0.4) is 0 Å². The standard InChI is InChI=1S/C12H15NO4/c1-9-3-2-4-10(7-9)13(8-12(16)17)6-5-11(14)15/h2-4,7H,5-6,8H2,1H3,(H,14,15)(H,16,17). The summed E-state index contributed by atoms with van der Waals surface area (Å²) in [7, 11) is 0. The fraction of sp³-hybridized carbons (Fsp3) is 0.333. The Bertz CT molecular complexity index is 417. The summed E-state index contributed by atoms with van der Waals surface area (Å²) in [6, 6.07) is 7.34. The molecule has 0 heterocycles. The molecule has 1 aromatic carbocycles. The molecule has 0 aliphatic carbocycles. The van der Waals surface area contributed by atoms with Crippen LogP contribution in [0.4, 0.5) is 5.69 Å². The molecular weight excluding hydrogens is 222 g/mol. The van der Waals surface area contributed by atoms with Crippen molar-refractivity contribution < 1.29 is 19.8 Å². The normalized spacial score (nSPS) is 9.94. The number of carbonyl (C=O) groups is 2. The van der Waals surface area contributed by atoms with Gasteiger partial charge in [-0.3, -0.25) is 9.59 Å². The molecule has 5 heteroatoms. The summed E-state index contributed by atoms with van der Waals surface area (Å²) in [6.07, 6.45) is -0.0821. The molecule has 1 rings (SSSR count). The quantitative estimate of drug-likeness (QED) is 0.781. The highest BCUT2D eigenvalue weighted by Crippen LogP contribution is 2.15. The third kappa shape index (κ3) is 4.55. The average Bonchev–Trinajstić information content (AvgIpc) is 2.23. The fourth-order valence-corrected chi connectivity index (χ4v) is 1.52. The van der Waals surface area contributed by atoms with Crippen molar-refractivity contribution >= 4 is 17.6 Å². The van der Waals surface area contributed by atoms with Gasteiger partial charge in [0.05, 0.1) is 6.42 Å². The zero-order valence-corrected chi connectivity index (χ0v) is 9.59. The van der Waals surface area contributed by atoms with Crippen molar-refractivity contribution in [2.45, 2.75) is 13.3 Å². The first-order valence-corrected chi connectivity index (χ1v) is 5.24. The molecule has 0 aliphatic rings. The van der Waals surface area contributed by atoms with E-state index in [1.807, 2.05) is 25.1 Å². The minimum Gasteiger partial charge on any atom is -0.481 e. The number of benzene rings is 1. The van der Waals surface area contributed by atoms with E-state index in [1.165, 1.54) is 0 Å². The van der Waals surface area contributed by atoms with Crippen LogP contribution >= 0.6 is 0 Å². The van der Waals surface area contributed by atoms with E-state index in [0.29, 0.717) is 0 Å². The summed E-state index contributed by atoms with van der Waals surface area (Å²) >= 11 is 0. The van der Waals surface area contributed by atoms with Crippen LogP contribution in [-0.4, -0.2) is 35.2 Å². The Labute approximate surface area is 99.3 Å². The van der Waals surface area contributed by atoms with Crippen LogP contribution in [0.15, 0.2) is 24.3 Å². The van der Waals surface area contributed by atoms with Crippen LogP contribution in [0.5, 0.6) is 0 Å². The molecular formula is C12H15NO4. The van der Waals surface area contributed by atoms with E-state index in [9.17, 15) is 9.59 Å². The second-order valence-electron chi connectivity index (χ2n) is 3.80. The third-order valence-electron chi connectivity index (χ3n) is 2.29. The molecule has 2 N–H and O–H groups in total. The number of aryl methyl sites for hydroxylation is 1. The van der Waals surface area contributed by atoms with Gasteiger partial charge in [0.25, 0.3) is 0 Å². The summed E-state index contributed by atoms with van der Waals surface area (Å²) in [4.78, 5) is 22.8. The molecule has 0 saturated carbocycles. The van der Waals surface area contributed by atoms with E-state index in [2.05, 4.69) is 0 Å². The van der Waals surface area contributed by atoms with Crippen molar-refractivity contribution in [2.24, 2.45) is 0 Å². The lowest BCUT2D eigenvalue weighted by Crippen LogP contribution is -2.31. The smallest absolute Gasteiger partial charge is 0.323 e. The van der Waals surface area contributed by atoms with Gasteiger partial charge in [0, 0.05) is 12.2 Å². The molecule has 0 unspecified atom stereocenters. The minimum atomic E-state index is -0.975. The van der Waals surface area contributed by atoms with Crippen molar-refractivity contribution in [3.8, 4) is 0 Å². The van der Waals surface area contributed by atoms with Crippen molar-refractivity contribution in [1.82, 2.24) is 0 Å². The number of carboxylic acid groups (broad SMARTS) is 2. The second-order valence-corrected chi connectivity index (χ2v) is 3.80. The topological polar surface area (TPSA) is 77.8 Å². The van der Waals surface area contributed by atoms with E-state index in [-0.39, 0.29) is 19.5 Å². The summed E-state index contributed by atoms with van der Waals surface area (Å²) < 4.78 is 0. The molecule has 1 aromatic rings. The lowest BCUT2D eigenvalue weighted by molar-refractivity contribution is -0.138. The highest BCUT2D eigenvalue weighted by Gasteiger charge is 2.12. The van der Waals surface area contributed by atoms with E-state index < -0.39 is 11.9 Å². The van der Waals surface area contributed by atoms with Crippen LogP contribution < -0.4 is 4.90 Å². The van der Waals surface area contributed by atoms with Crippen LogP contribution in [0.25, 0.3) is 0 Å². The highest BCUT2D eigenvalue weighted by molar-refractivity contribution is 5.74. The van der Waals surface area contributed by atoms with Crippen LogP contribution in [0, 0.1) is 6.92 Å². The molecule has 0 fully saturated rings. The van der Waals surface area contributed by atoms with Crippen molar-refractivity contribution in [2.75, 3.05) is 18.0 Å². The number of hydrogen-bond acceptors (Lipinski definition) is 3. The van der Waals surface area contributed by atoms with Gasteiger partial charge in [0.2, 0.25) is 0 Å². The van der Waals surface area contributed by atoms with Crippen LogP contribution in [-0.2, 0) is 9.59 Å². The van der Waals surface area contributed by atoms with Gasteiger partial charge in [0.15, 0.2) is 0 Å². The van der Waals surface area contributed by atoms with Crippen molar-refractivity contribution in [3.63, 3.8) is 0 Å². The predicted molar refractivity (Wildman–Crippen MR) is 63.3 cm³/mol. The molecule has 0 aliphatic heterocycles. The van der Waals surface area contributed by atoms with E-state index in [1.54, 1.807) is 11.0 Å². The Morgan fingerprint density at radius 2 is 1.94 bits per heavy atom. The largest absolute Gasteiger partial charge is 0.481 e. The lowest BCUT2D eigenvalue weighted by atomic mass is 10.2. The Balaban J connectivity index is 2.81. The van der Waals surface area contributed by atoms with Crippen LogP contribution in [0.2, 0.25) is 0 Å². The highest BCUT2D eigenvalue weighted by atomic mass is 16.4. The Morgan fingerprint density at radius 1 is 1.24 bits per heavy atom. The van der Waals surface area contributed by atoms with Crippen LogP contribution in [0.1, 0.15) is 12.0 Å². The van der Waals surface area contributed by atoms with Gasteiger partial charge < -0.3 is 15.1 Å². The number of nitrogens with zero attached hydrogens (tertiary/aromatic N) is 1. The summed E-state index contributed by atoms with van der Waals surface area (Å²) in [5.41, 5.74) is 1.74. The average molecular weight is 237 g/mol. The molecule has 0 amide bonds. The van der Waals surface area contributed by atoms with Gasteiger partial charge in [-0.15, -0.1) is 0 Å². The number of rotatable bonds is 6. The zero-order chi connectivity index (χ0) is 12.8. The van der Waals surface area contributed by atoms with Gasteiger partial charge in [-0.25, -0.2) is 0 Å². The molecule has 0 spiro atoms. The predicted octanol–water partition coefficient (Wildman–Crippen LogP) is 1.36. The zero-order valence-electron chi connectivity index (χ0n) is 9.59. The Kier molecular flexibility index (Phi) is 4.51. The molecule has 92 valence electrons. The maximum Gasteiger partial charge on any atom is 0.323 e. The van der Waals surface area contributed by atoms with Gasteiger partial charge in [0.1, 0.15) is 6.54 Å². The molecule has 0 aromatic heterocycles. The minimum absolute atomic E-state index is 0.0821. The summed E-state index contributed by atoms with van der Waals surface area (Å²) in [6.45, 7) is 1.89. The van der Waals surface area contributed by atoms with Crippen molar-refractivity contribution in [1.29, 1.82) is 0 Å². The SMILES string of the molecule is Cc1cccc(N(CCC(=O)O)CC(=O)O)c1. The molecule has 5 nitrogen and oxygen atoms in total. The maximum absolute atomic E-state index is 10.7. The van der Waals surface area contributed by atoms with Gasteiger partial charge in [-0.05, 0) is 24.6 Å². The number of hydrogen-bond donors (Lipinski definition) is 2. The first kappa shape index (κ1) is 13.0. The Morgan fingerprint density at radius 3 is 2.47 bits per heavy atom. The Hall–Kier alpha value is -2.04. The molecule has 0 saturated heterocycles. The van der Waals surface area contributed by atoms with E-state index >= 15 is 0 Å². The van der Waals surface area contributed by atoms with E-state index in [4.69, 9.17) is 10.2 Å². The second kappa shape index (κ2) is 5.89. The molecule has 17 heavy (non-hydrogen) atoms. The molecule has 0 bridgehead atoms. The van der Waals surface area contributed by atoms with Gasteiger partial charge in [-0.1, -0.05) is 12.1 Å². The molecule has 0 atom stereocenters. The number of carboxylic acids is 2. The molecule has 0 radical (unpaired) electrons. The number of anilines is 1. The first-order valence-electron chi connectivity index (χ1n) is 5.24.